The van der Waals surface area contributed by atoms with Gasteiger partial charge in [-0.25, -0.2) is 4.98 Å². The Morgan fingerprint density at radius 3 is 2.59 bits per heavy atom. The van der Waals surface area contributed by atoms with Crippen LogP contribution in [0.3, 0.4) is 0 Å². The highest BCUT2D eigenvalue weighted by atomic mass is 32.2. The van der Waals surface area contributed by atoms with Crippen LogP contribution in [0, 0.1) is 3.95 Å². The topological polar surface area (TPSA) is 87.4 Å². The Hall–Kier alpha value is -3.15. The first-order chi connectivity index (χ1) is 19.0. The first-order valence-electron chi connectivity index (χ1n) is 13.0. The lowest BCUT2D eigenvalue weighted by atomic mass is 9.95. The van der Waals surface area contributed by atoms with Crippen LogP contribution in [-0.4, -0.2) is 45.5 Å². The van der Waals surface area contributed by atoms with E-state index in [-0.39, 0.29) is 23.3 Å². The molecule has 1 amide bonds. The quantitative estimate of drug-likeness (QED) is 0.149. The lowest BCUT2D eigenvalue weighted by molar-refractivity contribution is -0.119. The van der Waals surface area contributed by atoms with Crippen LogP contribution in [0.2, 0.25) is 0 Å². The number of methoxy groups -OCH3 is 1. The van der Waals surface area contributed by atoms with Crippen molar-refractivity contribution < 1.29 is 14.3 Å². The van der Waals surface area contributed by atoms with Crippen LogP contribution in [-0.2, 0) is 4.79 Å². The summed E-state index contributed by atoms with van der Waals surface area (Å²) in [7, 11) is 1.60. The third kappa shape index (κ3) is 6.05. The SMILES string of the molecule is CCOc1ccc(-n2c(SCC(=O)NC3CCCCC3)nc3c(sc(=S)n3-c3cccc(OC)c3)c2=O)cc1. The fourth-order valence-electron chi connectivity index (χ4n) is 4.74. The molecule has 11 heteroatoms. The van der Waals surface area contributed by atoms with Crippen LogP contribution in [0.5, 0.6) is 11.5 Å². The molecular weight excluding hydrogens is 553 g/mol. The summed E-state index contributed by atoms with van der Waals surface area (Å²) in [6.07, 6.45) is 5.51. The summed E-state index contributed by atoms with van der Waals surface area (Å²) in [5, 5.41) is 3.57. The molecule has 0 radical (unpaired) electrons. The molecule has 39 heavy (non-hydrogen) atoms. The van der Waals surface area contributed by atoms with Crippen molar-refractivity contribution >= 4 is 51.6 Å². The Morgan fingerprint density at radius 1 is 1.10 bits per heavy atom. The molecule has 0 aliphatic heterocycles. The molecule has 8 nitrogen and oxygen atoms in total. The van der Waals surface area contributed by atoms with Gasteiger partial charge in [-0.3, -0.25) is 18.7 Å². The molecule has 5 rings (SSSR count). The van der Waals surface area contributed by atoms with E-state index in [1.807, 2.05) is 55.5 Å². The van der Waals surface area contributed by atoms with Crippen molar-refractivity contribution in [1.29, 1.82) is 0 Å². The number of hydrogen-bond acceptors (Lipinski definition) is 8. The summed E-state index contributed by atoms with van der Waals surface area (Å²) in [6.45, 7) is 2.47. The van der Waals surface area contributed by atoms with Crippen LogP contribution >= 0.6 is 35.3 Å². The molecule has 0 bridgehead atoms. The number of fused-ring (bicyclic) bond motifs is 1. The van der Waals surface area contributed by atoms with Gasteiger partial charge in [-0.15, -0.1) is 0 Å². The fraction of sp³-hybridized carbons (Fsp3) is 0.357. The number of benzene rings is 2. The van der Waals surface area contributed by atoms with E-state index in [2.05, 4.69) is 5.32 Å². The average Bonchev–Trinajstić information content (AvgIpc) is 3.29. The van der Waals surface area contributed by atoms with Gasteiger partial charge in [0.05, 0.1) is 30.8 Å². The van der Waals surface area contributed by atoms with Crippen LogP contribution in [0.4, 0.5) is 0 Å². The van der Waals surface area contributed by atoms with Gasteiger partial charge < -0.3 is 14.8 Å². The number of carbonyl (C=O) groups excluding carboxylic acids is 1. The number of thiazole rings is 1. The molecular formula is C28H30N4O4S3. The lowest BCUT2D eigenvalue weighted by Crippen LogP contribution is -2.37. The molecule has 0 atom stereocenters. The van der Waals surface area contributed by atoms with Crippen molar-refractivity contribution in [2.75, 3.05) is 19.5 Å². The highest BCUT2D eigenvalue weighted by molar-refractivity contribution is 7.99. The van der Waals surface area contributed by atoms with E-state index in [0.717, 1.165) is 31.4 Å². The second kappa shape index (κ2) is 12.4. The third-order valence-electron chi connectivity index (χ3n) is 6.60. The van der Waals surface area contributed by atoms with Gasteiger partial charge in [0.2, 0.25) is 5.91 Å². The molecule has 0 saturated heterocycles. The maximum Gasteiger partial charge on any atom is 0.278 e. The molecule has 204 valence electrons. The number of thioether (sulfide) groups is 1. The summed E-state index contributed by atoms with van der Waals surface area (Å²) < 4.78 is 15.2. The van der Waals surface area contributed by atoms with E-state index in [1.54, 1.807) is 16.2 Å². The van der Waals surface area contributed by atoms with Gasteiger partial charge in [0.1, 0.15) is 16.2 Å². The third-order valence-corrected chi connectivity index (χ3v) is 8.89. The molecule has 1 saturated carbocycles. The zero-order valence-electron chi connectivity index (χ0n) is 21.8. The molecule has 1 aliphatic carbocycles. The van der Waals surface area contributed by atoms with Crippen LogP contribution in [0.15, 0.2) is 58.5 Å². The van der Waals surface area contributed by atoms with Crippen LogP contribution < -0.4 is 20.3 Å². The zero-order valence-corrected chi connectivity index (χ0v) is 24.3. The molecule has 2 heterocycles. The summed E-state index contributed by atoms with van der Waals surface area (Å²) in [5.74, 6) is 1.47. The molecule has 1 fully saturated rings. The second-order valence-corrected chi connectivity index (χ2v) is 11.8. The van der Waals surface area contributed by atoms with Crippen molar-refractivity contribution in [2.45, 2.75) is 50.2 Å². The van der Waals surface area contributed by atoms with Gasteiger partial charge in [-0.1, -0.05) is 48.4 Å². The van der Waals surface area contributed by atoms with Crippen molar-refractivity contribution in [1.82, 2.24) is 19.4 Å². The van der Waals surface area contributed by atoms with Gasteiger partial charge in [0.15, 0.2) is 14.8 Å². The minimum absolute atomic E-state index is 0.0607. The Kier molecular flexibility index (Phi) is 8.69. The highest BCUT2D eigenvalue weighted by Gasteiger charge is 2.21. The van der Waals surface area contributed by atoms with Gasteiger partial charge in [-0.2, -0.15) is 0 Å². The number of amides is 1. The summed E-state index contributed by atoms with van der Waals surface area (Å²) in [4.78, 5) is 31.7. The Labute approximate surface area is 240 Å². The van der Waals surface area contributed by atoms with Crippen molar-refractivity contribution in [3.63, 3.8) is 0 Å². The first kappa shape index (κ1) is 27.4. The largest absolute Gasteiger partial charge is 0.497 e. The summed E-state index contributed by atoms with van der Waals surface area (Å²) in [6, 6.07) is 15.0. The van der Waals surface area contributed by atoms with Gasteiger partial charge in [0.25, 0.3) is 5.56 Å². The van der Waals surface area contributed by atoms with E-state index >= 15 is 0 Å². The van der Waals surface area contributed by atoms with Crippen LogP contribution in [0.25, 0.3) is 21.7 Å². The number of hydrogen-bond donors (Lipinski definition) is 1. The van der Waals surface area contributed by atoms with Crippen LogP contribution in [0.1, 0.15) is 39.0 Å². The second-order valence-electron chi connectivity index (χ2n) is 9.21. The number of rotatable bonds is 9. The lowest BCUT2D eigenvalue weighted by Gasteiger charge is -2.22. The fourth-order valence-corrected chi connectivity index (χ4v) is 6.86. The minimum atomic E-state index is -0.239. The smallest absolute Gasteiger partial charge is 0.278 e. The average molecular weight is 583 g/mol. The van der Waals surface area contributed by atoms with Gasteiger partial charge >= 0.3 is 0 Å². The minimum Gasteiger partial charge on any atom is -0.497 e. The number of ether oxygens (including phenoxy) is 2. The standard InChI is InChI=1S/C28H30N4O4S3/c1-3-36-21-14-12-19(13-15-21)32-26(34)24-25(31(28(37)39-24)20-10-7-11-22(16-20)35-2)30-27(32)38-17-23(33)29-18-8-5-4-6-9-18/h7,10-16,18H,3-6,8-9,17H2,1-2H3,(H,29,33). The zero-order chi connectivity index (χ0) is 27.4. The maximum absolute atomic E-state index is 13.9. The molecule has 0 spiro atoms. The normalized spacial score (nSPS) is 13.9. The number of nitrogens with zero attached hydrogens (tertiary/aromatic N) is 3. The number of nitrogens with one attached hydrogen (secondary N) is 1. The number of carbonyl (C=O) groups is 1. The highest BCUT2D eigenvalue weighted by Crippen LogP contribution is 2.29. The molecule has 4 aromatic rings. The Bertz CT molecular complexity index is 1590. The molecule has 1 aliphatic rings. The summed E-state index contributed by atoms with van der Waals surface area (Å²) in [5.41, 5.74) is 1.61. The Balaban J connectivity index is 1.58. The van der Waals surface area contributed by atoms with E-state index in [0.29, 0.717) is 43.3 Å². The molecule has 2 aromatic heterocycles. The Morgan fingerprint density at radius 2 is 1.87 bits per heavy atom. The summed E-state index contributed by atoms with van der Waals surface area (Å²) >= 11 is 8.15. The first-order valence-corrected chi connectivity index (χ1v) is 15.2. The van der Waals surface area contributed by atoms with E-state index in [4.69, 9.17) is 26.7 Å². The monoisotopic (exact) mass is 582 g/mol. The molecule has 0 unspecified atom stereocenters. The number of aromatic nitrogens is 3. The van der Waals surface area contributed by atoms with Crippen molar-refractivity contribution in [3.8, 4) is 22.9 Å². The molecule has 1 N–H and O–H groups in total. The predicted octanol–water partition coefficient (Wildman–Crippen LogP) is 5.92. The van der Waals surface area contributed by atoms with Crippen molar-refractivity contribution in [2.24, 2.45) is 0 Å². The molecule has 2 aromatic carbocycles. The van der Waals surface area contributed by atoms with E-state index in [9.17, 15) is 9.59 Å². The van der Waals surface area contributed by atoms with E-state index < -0.39 is 0 Å². The van der Waals surface area contributed by atoms with Gasteiger partial charge in [-0.05, 0) is 68.4 Å². The van der Waals surface area contributed by atoms with Crippen molar-refractivity contribution in [3.05, 3.63) is 62.8 Å². The van der Waals surface area contributed by atoms with Gasteiger partial charge in [0, 0.05) is 12.1 Å². The van der Waals surface area contributed by atoms with E-state index in [1.165, 1.54) is 29.5 Å². The predicted molar refractivity (Wildman–Crippen MR) is 159 cm³/mol. The maximum atomic E-state index is 13.9.